The van der Waals surface area contributed by atoms with Gasteiger partial charge in [0.1, 0.15) is 0 Å². The molecule has 0 aromatic heterocycles. The zero-order valence-corrected chi connectivity index (χ0v) is 11.5. The van der Waals surface area contributed by atoms with Crippen LogP contribution >= 0.6 is 0 Å². The first kappa shape index (κ1) is 13.2. The van der Waals surface area contributed by atoms with Crippen LogP contribution in [0.15, 0.2) is 23.3 Å². The molecular formula is C15H24O. The molecule has 0 fully saturated rings. The van der Waals surface area contributed by atoms with Crippen LogP contribution in [0.2, 0.25) is 0 Å². The quantitative estimate of drug-likeness (QED) is 0.634. The minimum atomic E-state index is 0.128. The van der Waals surface area contributed by atoms with Gasteiger partial charge in [-0.15, -0.1) is 0 Å². The predicted octanol–water partition coefficient (Wildman–Crippen LogP) is 4.29. The van der Waals surface area contributed by atoms with Crippen LogP contribution in [-0.2, 0) is 4.79 Å². The largest absolute Gasteiger partial charge is 0.295 e. The van der Waals surface area contributed by atoms with Crippen molar-refractivity contribution in [3.05, 3.63) is 23.3 Å². The molecule has 16 heavy (non-hydrogen) atoms. The number of rotatable bonds is 2. The van der Waals surface area contributed by atoms with E-state index in [1.165, 1.54) is 17.6 Å². The van der Waals surface area contributed by atoms with Crippen molar-refractivity contribution in [2.45, 2.75) is 54.4 Å². The third-order valence-electron chi connectivity index (χ3n) is 3.44. The average Bonchev–Trinajstić information content (AvgIpc) is 2.36. The van der Waals surface area contributed by atoms with Gasteiger partial charge in [-0.2, -0.15) is 0 Å². The molecule has 1 rings (SSSR count). The molecule has 0 atom stereocenters. The molecule has 0 N–H and O–H groups in total. The summed E-state index contributed by atoms with van der Waals surface area (Å²) in [6.07, 6.45) is 6.09. The maximum atomic E-state index is 11.1. The Morgan fingerprint density at radius 1 is 1.31 bits per heavy atom. The summed E-state index contributed by atoms with van der Waals surface area (Å²) in [7, 11) is 0. The summed E-state index contributed by atoms with van der Waals surface area (Å²) >= 11 is 0. The number of ketones is 1. The first-order chi connectivity index (χ1) is 7.14. The Labute approximate surface area is 99.6 Å². The van der Waals surface area contributed by atoms with Crippen molar-refractivity contribution in [2.24, 2.45) is 10.8 Å². The van der Waals surface area contributed by atoms with Crippen LogP contribution in [0.3, 0.4) is 0 Å². The molecule has 1 aliphatic rings. The maximum absolute atomic E-state index is 11.1. The molecule has 1 nitrogen and oxygen atoms in total. The number of hydrogen-bond acceptors (Lipinski definition) is 1. The van der Waals surface area contributed by atoms with Gasteiger partial charge >= 0.3 is 0 Å². The zero-order chi connectivity index (χ0) is 12.6. The summed E-state index contributed by atoms with van der Waals surface area (Å²) in [6.45, 7) is 12.9. The minimum Gasteiger partial charge on any atom is -0.295 e. The summed E-state index contributed by atoms with van der Waals surface area (Å²) < 4.78 is 0. The van der Waals surface area contributed by atoms with Gasteiger partial charge < -0.3 is 0 Å². The predicted molar refractivity (Wildman–Crippen MR) is 69.3 cm³/mol. The molecule has 0 aromatic carbocycles. The lowest BCUT2D eigenvalue weighted by molar-refractivity contribution is -0.112. The van der Waals surface area contributed by atoms with Gasteiger partial charge in [-0.3, -0.25) is 4.79 Å². The van der Waals surface area contributed by atoms with Gasteiger partial charge in [-0.05, 0) is 42.2 Å². The molecule has 0 aromatic rings. The fraction of sp³-hybridized carbons (Fsp3) is 0.667. The van der Waals surface area contributed by atoms with Gasteiger partial charge in [0.2, 0.25) is 0 Å². The van der Waals surface area contributed by atoms with Crippen molar-refractivity contribution in [3.8, 4) is 0 Å². The van der Waals surface area contributed by atoms with Crippen molar-refractivity contribution in [1.29, 1.82) is 0 Å². The molecular weight excluding hydrogens is 196 g/mol. The van der Waals surface area contributed by atoms with E-state index in [2.05, 4.69) is 34.6 Å². The topological polar surface area (TPSA) is 17.1 Å². The molecule has 0 spiro atoms. The van der Waals surface area contributed by atoms with Crippen molar-refractivity contribution in [2.75, 3.05) is 0 Å². The number of carbonyl (C=O) groups is 1. The van der Waals surface area contributed by atoms with Gasteiger partial charge in [0, 0.05) is 0 Å². The summed E-state index contributed by atoms with van der Waals surface area (Å²) in [5.41, 5.74) is 3.31. The molecule has 0 radical (unpaired) electrons. The molecule has 1 aliphatic carbocycles. The van der Waals surface area contributed by atoms with Gasteiger partial charge in [0.15, 0.2) is 5.78 Å². The Bertz CT molecular complexity index is 348. The van der Waals surface area contributed by atoms with E-state index >= 15 is 0 Å². The first-order valence-electron chi connectivity index (χ1n) is 6.07. The third-order valence-corrected chi connectivity index (χ3v) is 3.44. The highest BCUT2D eigenvalue weighted by Gasteiger charge is 2.35. The molecule has 0 bridgehead atoms. The fourth-order valence-electron chi connectivity index (χ4n) is 2.42. The molecule has 0 heterocycles. The Morgan fingerprint density at radius 2 is 1.88 bits per heavy atom. The molecule has 0 saturated carbocycles. The second-order valence-corrected chi connectivity index (χ2v) is 6.47. The monoisotopic (exact) mass is 220 g/mol. The summed E-state index contributed by atoms with van der Waals surface area (Å²) in [6, 6.07) is 0. The van der Waals surface area contributed by atoms with E-state index < -0.39 is 0 Å². The molecule has 0 saturated heterocycles. The lowest BCUT2D eigenvalue weighted by Crippen LogP contribution is -2.12. The molecule has 0 amide bonds. The summed E-state index contributed by atoms with van der Waals surface area (Å²) in [5, 5.41) is 0. The van der Waals surface area contributed by atoms with Crippen LogP contribution in [0.4, 0.5) is 0 Å². The third kappa shape index (κ3) is 2.84. The Kier molecular flexibility index (Phi) is 3.47. The van der Waals surface area contributed by atoms with E-state index in [-0.39, 0.29) is 16.6 Å². The normalized spacial score (nSPS) is 20.9. The van der Waals surface area contributed by atoms with Crippen molar-refractivity contribution in [3.63, 3.8) is 0 Å². The van der Waals surface area contributed by atoms with Crippen molar-refractivity contribution < 1.29 is 4.79 Å². The minimum absolute atomic E-state index is 0.128. The molecule has 1 heteroatoms. The average molecular weight is 220 g/mol. The Morgan fingerprint density at radius 3 is 2.31 bits per heavy atom. The van der Waals surface area contributed by atoms with E-state index in [1.54, 1.807) is 13.0 Å². The zero-order valence-electron chi connectivity index (χ0n) is 11.5. The van der Waals surface area contributed by atoms with E-state index in [0.717, 1.165) is 6.42 Å². The Balaban J connectivity index is 3.17. The second kappa shape index (κ2) is 4.20. The van der Waals surface area contributed by atoms with E-state index in [4.69, 9.17) is 0 Å². The SMILES string of the molecule is CC(=O)C=CC1=C(C(C)(C)C)CCC1(C)C. The summed E-state index contributed by atoms with van der Waals surface area (Å²) in [4.78, 5) is 11.1. The number of carbonyl (C=O) groups excluding carboxylic acids is 1. The van der Waals surface area contributed by atoms with Crippen LogP contribution < -0.4 is 0 Å². The van der Waals surface area contributed by atoms with Crippen LogP contribution in [0.25, 0.3) is 0 Å². The van der Waals surface area contributed by atoms with Gasteiger partial charge in [-0.1, -0.05) is 46.3 Å². The van der Waals surface area contributed by atoms with Crippen LogP contribution in [0, 0.1) is 10.8 Å². The van der Waals surface area contributed by atoms with E-state index in [0.29, 0.717) is 0 Å². The highest BCUT2D eigenvalue weighted by atomic mass is 16.1. The maximum Gasteiger partial charge on any atom is 0.152 e. The highest BCUT2D eigenvalue weighted by Crippen LogP contribution is 2.48. The van der Waals surface area contributed by atoms with E-state index in [9.17, 15) is 4.79 Å². The lowest BCUT2D eigenvalue weighted by atomic mass is 9.80. The number of hydrogen-bond donors (Lipinski definition) is 0. The van der Waals surface area contributed by atoms with E-state index in [1.807, 2.05) is 6.08 Å². The molecule has 0 unspecified atom stereocenters. The fourth-order valence-corrected chi connectivity index (χ4v) is 2.42. The van der Waals surface area contributed by atoms with Crippen molar-refractivity contribution in [1.82, 2.24) is 0 Å². The lowest BCUT2D eigenvalue weighted by Gasteiger charge is -2.25. The van der Waals surface area contributed by atoms with Gasteiger partial charge in [-0.25, -0.2) is 0 Å². The molecule has 0 aliphatic heterocycles. The second-order valence-electron chi connectivity index (χ2n) is 6.47. The van der Waals surface area contributed by atoms with Crippen molar-refractivity contribution >= 4 is 5.78 Å². The van der Waals surface area contributed by atoms with Crippen LogP contribution in [0.5, 0.6) is 0 Å². The highest BCUT2D eigenvalue weighted by molar-refractivity contribution is 5.87. The van der Waals surface area contributed by atoms with Gasteiger partial charge in [0.05, 0.1) is 0 Å². The standard InChI is InChI=1S/C15H24O/c1-11(16)7-8-13-12(14(2,3)4)9-10-15(13,5)6/h7-8H,9-10H2,1-6H3. The first-order valence-corrected chi connectivity index (χ1v) is 6.07. The van der Waals surface area contributed by atoms with Crippen LogP contribution in [0.1, 0.15) is 54.4 Å². The molecule has 90 valence electrons. The number of allylic oxidation sites excluding steroid dienone is 4. The summed E-state index contributed by atoms with van der Waals surface area (Å²) in [5.74, 6) is 0.128. The Hall–Kier alpha value is -0.850. The van der Waals surface area contributed by atoms with Gasteiger partial charge in [0.25, 0.3) is 0 Å². The van der Waals surface area contributed by atoms with Crippen LogP contribution in [-0.4, -0.2) is 5.78 Å². The smallest absolute Gasteiger partial charge is 0.152 e.